The van der Waals surface area contributed by atoms with E-state index in [2.05, 4.69) is 0 Å². The Morgan fingerprint density at radius 2 is 1.88 bits per heavy atom. The van der Waals surface area contributed by atoms with Gasteiger partial charge in [-0.1, -0.05) is 18.2 Å². The first-order valence-corrected chi connectivity index (χ1v) is 13.5. The highest BCUT2D eigenvalue weighted by Gasteiger charge is 2.50. The summed E-state index contributed by atoms with van der Waals surface area (Å²) < 4.78 is 17.0. The Hall–Kier alpha value is -4.39. The molecular formula is C30H29NO11. The summed E-state index contributed by atoms with van der Waals surface area (Å²) in [6, 6.07) is 3.90. The second-order valence-corrected chi connectivity index (χ2v) is 10.8. The highest BCUT2D eigenvalue weighted by atomic mass is 16.7. The van der Waals surface area contributed by atoms with Gasteiger partial charge in [0.15, 0.2) is 11.6 Å². The first-order valence-electron chi connectivity index (χ1n) is 13.5. The Morgan fingerprint density at radius 3 is 2.57 bits per heavy atom. The maximum atomic E-state index is 13.7. The molecule has 2 aliphatic heterocycles. The quantitative estimate of drug-likeness (QED) is 0.268. The summed E-state index contributed by atoms with van der Waals surface area (Å²) in [5.41, 5.74) is -3.56. The van der Waals surface area contributed by atoms with Crippen molar-refractivity contribution in [3.63, 3.8) is 0 Å². The molecule has 6 rings (SSSR count). The lowest BCUT2D eigenvalue weighted by atomic mass is 9.72. The fourth-order valence-electron chi connectivity index (χ4n) is 6.32. The van der Waals surface area contributed by atoms with Gasteiger partial charge in [0, 0.05) is 42.5 Å². The minimum atomic E-state index is -2.24. The van der Waals surface area contributed by atoms with Crippen LogP contribution in [0.2, 0.25) is 0 Å². The lowest BCUT2D eigenvalue weighted by Gasteiger charge is -2.41. The van der Waals surface area contributed by atoms with Crippen molar-refractivity contribution >= 4 is 17.3 Å². The van der Waals surface area contributed by atoms with E-state index in [0.29, 0.717) is 6.54 Å². The molecule has 0 amide bonds. The average Bonchev–Trinajstić information content (AvgIpc) is 3.52. The van der Waals surface area contributed by atoms with Crippen LogP contribution < -0.4 is 4.74 Å². The second-order valence-electron chi connectivity index (χ2n) is 10.8. The number of aliphatic hydroxyl groups is 3. The zero-order valence-electron chi connectivity index (χ0n) is 22.6. The molecule has 3 unspecified atom stereocenters. The van der Waals surface area contributed by atoms with E-state index in [1.807, 2.05) is 17.2 Å². The van der Waals surface area contributed by atoms with Crippen molar-refractivity contribution < 1.29 is 54.1 Å². The number of nitrogens with zero attached hydrogens (tertiary/aromatic N) is 1. The number of phenols is 2. The van der Waals surface area contributed by atoms with Crippen molar-refractivity contribution in [2.24, 2.45) is 0 Å². The van der Waals surface area contributed by atoms with Gasteiger partial charge < -0.3 is 44.6 Å². The van der Waals surface area contributed by atoms with Crippen LogP contribution in [0.15, 0.2) is 42.5 Å². The molecule has 12 nitrogen and oxygen atoms in total. The maximum Gasteiger partial charge on any atom is 0.202 e. The smallest absolute Gasteiger partial charge is 0.202 e. The van der Waals surface area contributed by atoms with Crippen LogP contribution in [-0.2, 0) is 20.7 Å². The average molecular weight is 580 g/mol. The van der Waals surface area contributed by atoms with Crippen LogP contribution in [0.5, 0.6) is 17.2 Å². The van der Waals surface area contributed by atoms with Crippen LogP contribution in [0.3, 0.4) is 0 Å². The number of carbonyl (C=O) groups is 3. The number of fused-ring (bicyclic) bond motifs is 3. The van der Waals surface area contributed by atoms with E-state index >= 15 is 0 Å². The van der Waals surface area contributed by atoms with E-state index in [4.69, 9.17) is 14.2 Å². The Morgan fingerprint density at radius 1 is 1.12 bits per heavy atom. The Balaban J connectivity index is 1.47. The fraction of sp³-hybridized carbons (Fsp3) is 0.367. The first-order chi connectivity index (χ1) is 20.1. The monoisotopic (exact) mass is 579 g/mol. The van der Waals surface area contributed by atoms with E-state index in [0.717, 1.165) is 12.7 Å². The van der Waals surface area contributed by atoms with Crippen LogP contribution in [0.1, 0.15) is 68.3 Å². The molecule has 0 radical (unpaired) electrons. The number of hydrogen-bond donors (Lipinski definition) is 5. The molecule has 0 aromatic heterocycles. The number of hydrogen-bond acceptors (Lipinski definition) is 12. The molecule has 12 heteroatoms. The van der Waals surface area contributed by atoms with Gasteiger partial charge in [-0.05, 0) is 18.7 Å². The number of benzene rings is 2. The number of carbonyl (C=O) groups excluding carboxylic acids is 3. The SMILES string of the molecule is COc1cccc2c1C(=O)c1c(O)c3c(c(O)c1C2=O)C[C@@](O)(C(=O)CO)CC3OC1CC(N2C=CCC2)C(O)=CO1. The molecule has 220 valence electrons. The Labute approximate surface area is 239 Å². The summed E-state index contributed by atoms with van der Waals surface area (Å²) >= 11 is 0. The van der Waals surface area contributed by atoms with Crippen molar-refractivity contribution in [3.8, 4) is 17.2 Å². The van der Waals surface area contributed by atoms with Crippen LogP contribution in [0.25, 0.3) is 0 Å². The number of Topliss-reactive ketones (excluding diaryl/α,β-unsaturated/α-hetero) is 1. The molecule has 4 aliphatic rings. The standard InChI is InChI=1S/C30H29NO11/c1-40-18-6-4-5-14-22(18)28(37)25-24(26(14)35)27(36)15-10-30(39,20(34)12-32)11-19(23(15)29(25)38)42-21-9-16(17(33)13-41-21)31-7-2-3-8-31/h2,4-7,13,16,19,21,32-33,36,38-39H,3,8-12H2,1H3/t16?,19?,21?,30-/m0/s1. The summed E-state index contributed by atoms with van der Waals surface area (Å²) in [7, 11) is 1.33. The number of methoxy groups -OCH3 is 1. The third-order valence-corrected chi connectivity index (χ3v) is 8.40. The lowest BCUT2D eigenvalue weighted by Crippen LogP contribution is -2.48. The normalized spacial score (nSPS) is 26.2. The largest absolute Gasteiger partial charge is 0.507 e. The number of ether oxygens (including phenoxy) is 3. The molecule has 0 bridgehead atoms. The number of ketones is 3. The summed E-state index contributed by atoms with van der Waals surface area (Å²) in [5, 5.41) is 54.4. The van der Waals surface area contributed by atoms with Gasteiger partial charge in [0.2, 0.25) is 12.1 Å². The minimum Gasteiger partial charge on any atom is -0.507 e. The van der Waals surface area contributed by atoms with E-state index in [-0.39, 0.29) is 40.2 Å². The highest BCUT2D eigenvalue weighted by molar-refractivity contribution is 6.31. The molecule has 0 fully saturated rings. The molecule has 2 aromatic carbocycles. The van der Waals surface area contributed by atoms with Crippen molar-refractivity contribution in [3.05, 3.63) is 75.9 Å². The van der Waals surface area contributed by atoms with Crippen molar-refractivity contribution in [2.75, 3.05) is 20.3 Å². The number of rotatable bonds is 6. The fourth-order valence-corrected chi connectivity index (χ4v) is 6.32. The second kappa shape index (κ2) is 10.2. The first kappa shape index (κ1) is 27.8. The van der Waals surface area contributed by atoms with Gasteiger partial charge in [0.05, 0.1) is 35.9 Å². The predicted molar refractivity (Wildman–Crippen MR) is 143 cm³/mol. The molecule has 5 N–H and O–H groups in total. The molecule has 2 aliphatic carbocycles. The molecule has 42 heavy (non-hydrogen) atoms. The third-order valence-electron chi connectivity index (χ3n) is 8.40. The summed E-state index contributed by atoms with van der Waals surface area (Å²) in [4.78, 5) is 41.9. The van der Waals surface area contributed by atoms with Crippen molar-refractivity contribution in [1.82, 2.24) is 4.90 Å². The Bertz CT molecular complexity index is 1580. The topological polar surface area (TPSA) is 183 Å². The third kappa shape index (κ3) is 4.13. The lowest BCUT2D eigenvalue weighted by molar-refractivity contribution is -0.184. The zero-order chi connectivity index (χ0) is 29.9. The van der Waals surface area contributed by atoms with Gasteiger partial charge in [-0.15, -0.1) is 0 Å². The summed E-state index contributed by atoms with van der Waals surface area (Å²) in [6.45, 7) is -0.352. The van der Waals surface area contributed by atoms with Gasteiger partial charge >= 0.3 is 0 Å². The predicted octanol–water partition coefficient (Wildman–Crippen LogP) is 1.91. The molecule has 0 spiro atoms. The summed E-state index contributed by atoms with van der Waals surface area (Å²) in [6.07, 6.45) is 2.45. The molecule has 0 saturated heterocycles. The van der Waals surface area contributed by atoms with Crippen molar-refractivity contribution in [1.29, 1.82) is 0 Å². The molecule has 2 aromatic rings. The molecule has 2 heterocycles. The number of aliphatic hydroxyl groups excluding tert-OH is 2. The zero-order valence-corrected chi connectivity index (χ0v) is 22.6. The van der Waals surface area contributed by atoms with Gasteiger partial charge in [-0.25, -0.2) is 0 Å². The summed E-state index contributed by atoms with van der Waals surface area (Å²) in [5.74, 6) is -3.74. The van der Waals surface area contributed by atoms with Crippen LogP contribution >= 0.6 is 0 Å². The van der Waals surface area contributed by atoms with Gasteiger partial charge in [0.1, 0.15) is 41.5 Å². The van der Waals surface area contributed by atoms with Crippen LogP contribution in [0, 0.1) is 0 Å². The number of phenolic OH excluding ortho intramolecular Hbond substituents is 2. The minimum absolute atomic E-state index is 0.0244. The van der Waals surface area contributed by atoms with Crippen molar-refractivity contribution in [2.45, 2.75) is 49.7 Å². The molecule has 4 atom stereocenters. The van der Waals surface area contributed by atoms with Crippen LogP contribution in [-0.4, -0.2) is 86.0 Å². The maximum absolute atomic E-state index is 13.7. The molecular weight excluding hydrogens is 550 g/mol. The number of aromatic hydroxyl groups is 2. The Kier molecular flexibility index (Phi) is 6.71. The van der Waals surface area contributed by atoms with Gasteiger partial charge in [-0.3, -0.25) is 14.4 Å². The van der Waals surface area contributed by atoms with Crippen LogP contribution in [0.4, 0.5) is 0 Å². The van der Waals surface area contributed by atoms with Gasteiger partial charge in [0.25, 0.3) is 0 Å². The molecule has 0 saturated carbocycles. The van der Waals surface area contributed by atoms with E-state index in [1.165, 1.54) is 25.3 Å². The van der Waals surface area contributed by atoms with E-state index in [9.17, 15) is 39.9 Å². The highest BCUT2D eigenvalue weighted by Crippen LogP contribution is 2.52. The van der Waals surface area contributed by atoms with Gasteiger partial charge in [-0.2, -0.15) is 0 Å². The van der Waals surface area contributed by atoms with E-state index < -0.39 is 83.5 Å². The van der Waals surface area contributed by atoms with E-state index in [1.54, 1.807) is 0 Å².